The molecule has 1 rings (SSSR count). The van der Waals surface area contributed by atoms with Gasteiger partial charge in [-0.1, -0.05) is 33.1 Å². The van der Waals surface area contributed by atoms with Crippen LogP contribution < -0.4 is 5.32 Å². The van der Waals surface area contributed by atoms with Gasteiger partial charge in [0.15, 0.2) is 0 Å². The number of unbranched alkanes of at least 4 members (excludes halogenated alkanes) is 1. The monoisotopic (exact) mass is 225 g/mol. The Hall–Kier alpha value is -0.340. The summed E-state index contributed by atoms with van der Waals surface area (Å²) in [6, 6.07) is 2.20. The standard InChI is InChI=1S/C13H23NS/c1-3-5-6-12(4-2)9-14-10-13-7-8-15-11-13/h7-8,11-12,14H,3-6,9-10H2,1-2H3. The van der Waals surface area contributed by atoms with E-state index in [-0.39, 0.29) is 0 Å². The van der Waals surface area contributed by atoms with Crippen molar-refractivity contribution in [2.75, 3.05) is 6.54 Å². The van der Waals surface area contributed by atoms with Crippen LogP contribution in [0.5, 0.6) is 0 Å². The number of nitrogens with one attached hydrogen (secondary N) is 1. The predicted molar refractivity (Wildman–Crippen MR) is 69.3 cm³/mol. The molecule has 1 atom stereocenters. The minimum absolute atomic E-state index is 0.864. The summed E-state index contributed by atoms with van der Waals surface area (Å²) in [5.41, 5.74) is 1.42. The van der Waals surface area contributed by atoms with Crippen LogP contribution in [0.2, 0.25) is 0 Å². The van der Waals surface area contributed by atoms with E-state index >= 15 is 0 Å². The van der Waals surface area contributed by atoms with E-state index in [1.54, 1.807) is 11.3 Å². The molecule has 15 heavy (non-hydrogen) atoms. The molecule has 0 aliphatic heterocycles. The van der Waals surface area contributed by atoms with Crippen molar-refractivity contribution in [1.82, 2.24) is 5.32 Å². The summed E-state index contributed by atoms with van der Waals surface area (Å²) in [5, 5.41) is 7.92. The average Bonchev–Trinajstić information content (AvgIpc) is 2.76. The number of hydrogen-bond donors (Lipinski definition) is 1. The first-order valence-electron chi connectivity index (χ1n) is 6.08. The van der Waals surface area contributed by atoms with Crippen molar-refractivity contribution in [3.05, 3.63) is 22.4 Å². The van der Waals surface area contributed by atoms with Crippen LogP contribution in [-0.2, 0) is 6.54 Å². The Bertz CT molecular complexity index is 231. The second-order valence-corrected chi connectivity index (χ2v) is 4.96. The summed E-state index contributed by atoms with van der Waals surface area (Å²) in [6.07, 6.45) is 5.37. The third-order valence-electron chi connectivity index (χ3n) is 2.89. The molecule has 0 saturated carbocycles. The van der Waals surface area contributed by atoms with Crippen molar-refractivity contribution in [1.29, 1.82) is 0 Å². The highest BCUT2D eigenvalue weighted by atomic mass is 32.1. The van der Waals surface area contributed by atoms with Gasteiger partial charge in [0.2, 0.25) is 0 Å². The summed E-state index contributed by atoms with van der Waals surface area (Å²) in [6.45, 7) is 6.77. The molecule has 0 aliphatic rings. The maximum atomic E-state index is 3.55. The predicted octanol–water partition coefficient (Wildman–Crippen LogP) is 4.05. The lowest BCUT2D eigenvalue weighted by molar-refractivity contribution is 0.419. The lowest BCUT2D eigenvalue weighted by Crippen LogP contribution is -2.21. The second-order valence-electron chi connectivity index (χ2n) is 4.18. The van der Waals surface area contributed by atoms with Gasteiger partial charge in [0, 0.05) is 6.54 Å². The van der Waals surface area contributed by atoms with E-state index in [4.69, 9.17) is 0 Å². The lowest BCUT2D eigenvalue weighted by atomic mass is 9.99. The van der Waals surface area contributed by atoms with Gasteiger partial charge in [-0.05, 0) is 41.3 Å². The molecule has 1 unspecified atom stereocenters. The molecule has 0 fully saturated rings. The molecule has 0 radical (unpaired) electrons. The Morgan fingerprint density at radius 3 is 2.87 bits per heavy atom. The molecule has 1 aromatic rings. The van der Waals surface area contributed by atoms with Gasteiger partial charge in [0.05, 0.1) is 0 Å². The molecule has 86 valence electrons. The minimum Gasteiger partial charge on any atom is -0.312 e. The molecule has 1 N–H and O–H groups in total. The van der Waals surface area contributed by atoms with Crippen LogP contribution in [0.3, 0.4) is 0 Å². The summed E-state index contributed by atoms with van der Waals surface area (Å²) in [5.74, 6) is 0.864. The Kier molecular flexibility index (Phi) is 6.69. The van der Waals surface area contributed by atoms with Crippen molar-refractivity contribution in [2.24, 2.45) is 5.92 Å². The number of thiophene rings is 1. The van der Waals surface area contributed by atoms with Crippen molar-refractivity contribution in [3.63, 3.8) is 0 Å². The van der Waals surface area contributed by atoms with E-state index < -0.39 is 0 Å². The first-order chi connectivity index (χ1) is 7.36. The second kappa shape index (κ2) is 7.89. The van der Waals surface area contributed by atoms with Crippen LogP contribution in [0.25, 0.3) is 0 Å². The van der Waals surface area contributed by atoms with Gasteiger partial charge in [-0.2, -0.15) is 11.3 Å². The zero-order valence-corrected chi connectivity index (χ0v) is 10.8. The highest BCUT2D eigenvalue weighted by molar-refractivity contribution is 7.07. The summed E-state index contributed by atoms with van der Waals surface area (Å²) in [4.78, 5) is 0. The molecule has 0 aliphatic carbocycles. The summed E-state index contributed by atoms with van der Waals surface area (Å²) >= 11 is 1.78. The van der Waals surface area contributed by atoms with E-state index in [1.807, 2.05) is 0 Å². The molecule has 0 bridgehead atoms. The molecule has 0 saturated heterocycles. The Morgan fingerprint density at radius 1 is 1.40 bits per heavy atom. The maximum absolute atomic E-state index is 3.55. The van der Waals surface area contributed by atoms with Gasteiger partial charge < -0.3 is 5.32 Å². The van der Waals surface area contributed by atoms with E-state index in [0.717, 1.165) is 12.5 Å². The topological polar surface area (TPSA) is 12.0 Å². The zero-order chi connectivity index (χ0) is 10.9. The normalized spacial score (nSPS) is 12.9. The molecule has 0 spiro atoms. The van der Waals surface area contributed by atoms with E-state index in [9.17, 15) is 0 Å². The van der Waals surface area contributed by atoms with Gasteiger partial charge in [-0.25, -0.2) is 0 Å². The molecule has 0 amide bonds. The summed E-state index contributed by atoms with van der Waals surface area (Å²) in [7, 11) is 0. The SMILES string of the molecule is CCCCC(CC)CNCc1ccsc1. The van der Waals surface area contributed by atoms with Crippen LogP contribution in [0.15, 0.2) is 16.8 Å². The molecule has 0 aromatic carbocycles. The Morgan fingerprint density at radius 2 is 2.27 bits per heavy atom. The molecule has 1 nitrogen and oxygen atoms in total. The Balaban J connectivity index is 2.11. The van der Waals surface area contributed by atoms with Crippen molar-refractivity contribution in [3.8, 4) is 0 Å². The zero-order valence-electron chi connectivity index (χ0n) is 9.96. The largest absolute Gasteiger partial charge is 0.312 e. The van der Waals surface area contributed by atoms with E-state index in [0.29, 0.717) is 0 Å². The van der Waals surface area contributed by atoms with E-state index in [2.05, 4.69) is 36.0 Å². The third-order valence-corrected chi connectivity index (χ3v) is 3.62. The fourth-order valence-corrected chi connectivity index (χ4v) is 2.43. The minimum atomic E-state index is 0.864. The van der Waals surface area contributed by atoms with Crippen molar-refractivity contribution < 1.29 is 0 Å². The fraction of sp³-hybridized carbons (Fsp3) is 0.692. The molecule has 2 heteroatoms. The molecule has 1 heterocycles. The van der Waals surface area contributed by atoms with Crippen molar-refractivity contribution in [2.45, 2.75) is 46.1 Å². The van der Waals surface area contributed by atoms with Gasteiger partial charge in [0.25, 0.3) is 0 Å². The highest BCUT2D eigenvalue weighted by Gasteiger charge is 2.04. The number of rotatable bonds is 8. The summed E-state index contributed by atoms with van der Waals surface area (Å²) < 4.78 is 0. The molecular weight excluding hydrogens is 202 g/mol. The molecule has 1 aromatic heterocycles. The first-order valence-corrected chi connectivity index (χ1v) is 7.02. The van der Waals surface area contributed by atoms with Gasteiger partial charge >= 0.3 is 0 Å². The molecular formula is C13H23NS. The maximum Gasteiger partial charge on any atom is 0.0213 e. The van der Waals surface area contributed by atoms with Crippen LogP contribution in [0, 0.1) is 5.92 Å². The van der Waals surface area contributed by atoms with Gasteiger partial charge in [-0.3, -0.25) is 0 Å². The first kappa shape index (κ1) is 12.7. The van der Waals surface area contributed by atoms with Crippen molar-refractivity contribution >= 4 is 11.3 Å². The quantitative estimate of drug-likeness (QED) is 0.703. The van der Waals surface area contributed by atoms with Crippen LogP contribution in [0.4, 0.5) is 0 Å². The van der Waals surface area contributed by atoms with Crippen LogP contribution in [-0.4, -0.2) is 6.54 Å². The fourth-order valence-electron chi connectivity index (χ4n) is 1.76. The smallest absolute Gasteiger partial charge is 0.0213 e. The highest BCUT2D eigenvalue weighted by Crippen LogP contribution is 2.12. The third kappa shape index (κ3) is 5.33. The van der Waals surface area contributed by atoms with Crippen LogP contribution >= 0.6 is 11.3 Å². The number of hydrogen-bond acceptors (Lipinski definition) is 2. The Labute approximate surface area is 97.9 Å². The van der Waals surface area contributed by atoms with Crippen LogP contribution in [0.1, 0.15) is 45.1 Å². The average molecular weight is 225 g/mol. The van der Waals surface area contributed by atoms with Gasteiger partial charge in [-0.15, -0.1) is 0 Å². The lowest BCUT2D eigenvalue weighted by Gasteiger charge is -2.14. The van der Waals surface area contributed by atoms with Gasteiger partial charge in [0.1, 0.15) is 0 Å². The van der Waals surface area contributed by atoms with E-state index in [1.165, 1.54) is 37.8 Å².